The predicted octanol–water partition coefficient (Wildman–Crippen LogP) is 6.40. The molecule has 0 saturated carbocycles. The molecule has 0 aromatic heterocycles. The van der Waals surface area contributed by atoms with Gasteiger partial charge < -0.3 is 0 Å². The number of halogens is 3. The second-order valence-electron chi connectivity index (χ2n) is 8.18. The van der Waals surface area contributed by atoms with Gasteiger partial charge in [0.25, 0.3) is 5.91 Å². The molecular formula is C25H21BrCl2N4O. The number of rotatable bonds is 4. The summed E-state index contributed by atoms with van der Waals surface area (Å²) >= 11 is 16.2. The van der Waals surface area contributed by atoms with E-state index in [2.05, 4.69) is 27.4 Å². The number of hydrogen-bond donors (Lipinski definition) is 1. The molecule has 3 aromatic carbocycles. The van der Waals surface area contributed by atoms with E-state index in [1.807, 2.05) is 65.5 Å². The van der Waals surface area contributed by atoms with Crippen LogP contribution in [0.5, 0.6) is 0 Å². The highest BCUT2D eigenvalue weighted by Crippen LogP contribution is 2.42. The lowest BCUT2D eigenvalue weighted by atomic mass is 9.91. The zero-order valence-electron chi connectivity index (χ0n) is 17.8. The van der Waals surface area contributed by atoms with Gasteiger partial charge in [-0.25, -0.2) is 0 Å². The SMILES string of the molecule is C[C@@H]1C(C(=O)NN2CCc3ccccc32)=NN(c2ccc(Cl)cc2Cl)[C@@H]1c1ccc(Br)cc1. The number of nitrogens with zero attached hydrogens (tertiary/aromatic N) is 3. The Morgan fingerprint density at radius 3 is 2.58 bits per heavy atom. The van der Waals surface area contributed by atoms with Gasteiger partial charge in [0.2, 0.25) is 0 Å². The highest BCUT2D eigenvalue weighted by molar-refractivity contribution is 9.10. The maximum absolute atomic E-state index is 13.4. The number of carbonyl (C=O) groups excluding carboxylic acids is 1. The van der Waals surface area contributed by atoms with Gasteiger partial charge in [-0.3, -0.25) is 20.2 Å². The van der Waals surface area contributed by atoms with E-state index in [4.69, 9.17) is 28.3 Å². The zero-order chi connectivity index (χ0) is 23.1. The molecule has 0 saturated heterocycles. The molecule has 0 bridgehead atoms. The van der Waals surface area contributed by atoms with E-state index >= 15 is 0 Å². The Hall–Kier alpha value is -2.54. The third-order valence-corrected chi connectivity index (χ3v) is 7.17. The average Bonchev–Trinajstić information content (AvgIpc) is 3.36. The van der Waals surface area contributed by atoms with Crippen molar-refractivity contribution in [2.24, 2.45) is 11.0 Å². The summed E-state index contributed by atoms with van der Waals surface area (Å²) in [5.74, 6) is -0.385. The zero-order valence-corrected chi connectivity index (χ0v) is 20.9. The maximum atomic E-state index is 13.4. The number of carbonyl (C=O) groups is 1. The Morgan fingerprint density at radius 2 is 1.82 bits per heavy atom. The molecule has 5 nitrogen and oxygen atoms in total. The summed E-state index contributed by atoms with van der Waals surface area (Å²) in [6, 6.07) is 21.3. The van der Waals surface area contributed by atoms with Gasteiger partial charge in [0.15, 0.2) is 0 Å². The minimum Gasteiger partial charge on any atom is -0.285 e. The molecule has 1 amide bonds. The second-order valence-corrected chi connectivity index (χ2v) is 9.94. The summed E-state index contributed by atoms with van der Waals surface area (Å²) in [5.41, 5.74) is 7.51. The van der Waals surface area contributed by atoms with Crippen molar-refractivity contribution < 1.29 is 4.79 Å². The molecule has 2 aliphatic heterocycles. The number of para-hydroxylation sites is 1. The fourth-order valence-corrected chi connectivity index (χ4v) is 5.24. The molecule has 0 aliphatic carbocycles. The Kier molecular flexibility index (Phi) is 6.08. The Labute approximate surface area is 211 Å². The Bertz CT molecular complexity index is 1250. The highest BCUT2D eigenvalue weighted by atomic mass is 79.9. The molecule has 2 aliphatic rings. The predicted molar refractivity (Wildman–Crippen MR) is 138 cm³/mol. The van der Waals surface area contributed by atoms with Gasteiger partial charge in [-0.1, -0.05) is 76.4 Å². The van der Waals surface area contributed by atoms with Gasteiger partial charge in [0.1, 0.15) is 5.71 Å². The van der Waals surface area contributed by atoms with Crippen LogP contribution < -0.4 is 15.4 Å². The number of amides is 1. The molecular weight excluding hydrogens is 523 g/mol. The third kappa shape index (κ3) is 4.23. The highest BCUT2D eigenvalue weighted by Gasteiger charge is 2.40. The van der Waals surface area contributed by atoms with E-state index in [9.17, 15) is 4.79 Å². The van der Waals surface area contributed by atoms with Crippen molar-refractivity contribution in [3.63, 3.8) is 0 Å². The topological polar surface area (TPSA) is 47.9 Å². The van der Waals surface area contributed by atoms with Crippen LogP contribution in [0.3, 0.4) is 0 Å². The van der Waals surface area contributed by atoms with Gasteiger partial charge >= 0.3 is 0 Å². The van der Waals surface area contributed by atoms with Crippen molar-refractivity contribution >= 4 is 62.1 Å². The molecule has 0 spiro atoms. The fraction of sp³-hybridized carbons (Fsp3) is 0.200. The summed E-state index contributed by atoms with van der Waals surface area (Å²) in [7, 11) is 0. The Balaban J connectivity index is 1.49. The van der Waals surface area contributed by atoms with Crippen LogP contribution in [0.4, 0.5) is 11.4 Å². The average molecular weight is 544 g/mol. The van der Waals surface area contributed by atoms with E-state index in [1.54, 1.807) is 12.1 Å². The van der Waals surface area contributed by atoms with Crippen molar-refractivity contribution in [2.75, 3.05) is 16.6 Å². The molecule has 0 unspecified atom stereocenters. The molecule has 2 atom stereocenters. The summed E-state index contributed by atoms with van der Waals surface area (Å²) in [6.07, 6.45) is 0.895. The van der Waals surface area contributed by atoms with Crippen molar-refractivity contribution in [1.29, 1.82) is 0 Å². The third-order valence-electron chi connectivity index (χ3n) is 6.11. The number of fused-ring (bicyclic) bond motifs is 1. The first-order valence-corrected chi connectivity index (χ1v) is 12.2. The van der Waals surface area contributed by atoms with Crippen molar-refractivity contribution in [3.8, 4) is 0 Å². The molecule has 5 rings (SSSR count). The van der Waals surface area contributed by atoms with Gasteiger partial charge in [0.05, 0.1) is 22.4 Å². The van der Waals surface area contributed by atoms with Gasteiger partial charge in [-0.15, -0.1) is 0 Å². The van der Waals surface area contributed by atoms with E-state index in [1.165, 1.54) is 5.56 Å². The van der Waals surface area contributed by atoms with E-state index in [-0.39, 0.29) is 17.9 Å². The number of anilines is 2. The number of hydrazone groups is 1. The first-order valence-electron chi connectivity index (χ1n) is 10.7. The lowest BCUT2D eigenvalue weighted by Gasteiger charge is -2.27. The van der Waals surface area contributed by atoms with Crippen LogP contribution in [0.1, 0.15) is 24.1 Å². The van der Waals surface area contributed by atoms with E-state index in [0.29, 0.717) is 21.4 Å². The minimum atomic E-state index is -0.214. The van der Waals surface area contributed by atoms with Crippen LogP contribution in [-0.2, 0) is 11.2 Å². The van der Waals surface area contributed by atoms with E-state index < -0.39 is 0 Å². The maximum Gasteiger partial charge on any atom is 0.286 e. The molecule has 0 fully saturated rings. The summed E-state index contributed by atoms with van der Waals surface area (Å²) in [4.78, 5) is 13.4. The molecule has 2 heterocycles. The molecule has 8 heteroatoms. The lowest BCUT2D eigenvalue weighted by Crippen LogP contribution is -2.45. The minimum absolute atomic E-state index is 0.171. The van der Waals surface area contributed by atoms with Crippen LogP contribution in [0.15, 0.2) is 76.3 Å². The second kappa shape index (κ2) is 9.01. The van der Waals surface area contributed by atoms with Crippen molar-refractivity contribution in [3.05, 3.63) is 92.4 Å². The summed E-state index contributed by atoms with van der Waals surface area (Å²) < 4.78 is 0.986. The molecule has 3 aromatic rings. The standard InChI is InChI=1S/C25H21BrCl2N4O/c1-15-23(25(33)30-31-13-12-16-4-2-3-5-21(16)31)29-32(22-11-10-19(27)14-20(22)28)24(15)17-6-8-18(26)9-7-17/h2-11,14-15,24H,12-13H2,1H3,(H,30,33)/t15-,24+/m1/s1. The number of hydrogen-bond acceptors (Lipinski definition) is 4. The summed E-state index contributed by atoms with van der Waals surface area (Å²) in [6.45, 7) is 2.75. The fourth-order valence-electron chi connectivity index (χ4n) is 4.48. The van der Waals surface area contributed by atoms with Gasteiger partial charge in [-0.05, 0) is 53.9 Å². The van der Waals surface area contributed by atoms with Gasteiger partial charge in [0, 0.05) is 22.0 Å². The van der Waals surface area contributed by atoms with Crippen LogP contribution in [0.25, 0.3) is 0 Å². The van der Waals surface area contributed by atoms with Crippen LogP contribution in [-0.4, -0.2) is 18.2 Å². The first kappa shape index (κ1) is 22.3. The largest absolute Gasteiger partial charge is 0.286 e. The first-order chi connectivity index (χ1) is 15.9. The molecule has 168 valence electrons. The molecule has 33 heavy (non-hydrogen) atoms. The Morgan fingerprint density at radius 1 is 1.06 bits per heavy atom. The summed E-state index contributed by atoms with van der Waals surface area (Å²) in [5, 5.41) is 9.54. The normalized spacial score (nSPS) is 19.5. The lowest BCUT2D eigenvalue weighted by molar-refractivity contribution is -0.115. The van der Waals surface area contributed by atoms with E-state index in [0.717, 1.165) is 28.7 Å². The van der Waals surface area contributed by atoms with Crippen LogP contribution >= 0.6 is 39.1 Å². The molecule has 1 N–H and O–H groups in total. The van der Waals surface area contributed by atoms with Crippen molar-refractivity contribution in [1.82, 2.24) is 5.43 Å². The van der Waals surface area contributed by atoms with Crippen LogP contribution in [0.2, 0.25) is 10.0 Å². The van der Waals surface area contributed by atoms with Crippen LogP contribution in [0, 0.1) is 5.92 Å². The van der Waals surface area contributed by atoms with Gasteiger partial charge in [-0.2, -0.15) is 5.10 Å². The van der Waals surface area contributed by atoms with Crippen molar-refractivity contribution in [2.45, 2.75) is 19.4 Å². The number of benzene rings is 3. The monoisotopic (exact) mass is 542 g/mol. The number of hydrazine groups is 1. The number of nitrogens with one attached hydrogen (secondary N) is 1. The molecule has 0 radical (unpaired) electrons. The quantitative estimate of drug-likeness (QED) is 0.414. The smallest absolute Gasteiger partial charge is 0.285 e.